The topological polar surface area (TPSA) is 40.7 Å². The molecule has 0 saturated carbocycles. The van der Waals surface area contributed by atoms with Crippen LogP contribution in [0.3, 0.4) is 0 Å². The molecule has 1 aliphatic heterocycles. The molecule has 0 spiro atoms. The maximum absolute atomic E-state index is 5.96. The number of hydrogen-bond donors (Lipinski definition) is 2. The number of halogens is 1. The van der Waals surface area contributed by atoms with Crippen LogP contribution in [0.25, 0.3) is 11.0 Å². The van der Waals surface area contributed by atoms with Gasteiger partial charge in [-0.3, -0.25) is 0 Å². The van der Waals surface area contributed by atoms with Crippen molar-refractivity contribution in [3.63, 3.8) is 0 Å². The number of benzene rings is 1. The fourth-order valence-corrected chi connectivity index (χ4v) is 3.54. The first-order valence-corrected chi connectivity index (χ1v) is 7.80. The predicted molar refractivity (Wildman–Crippen MR) is 78.3 cm³/mol. The van der Waals surface area contributed by atoms with E-state index in [1.165, 1.54) is 24.3 Å². The van der Waals surface area contributed by atoms with Crippen LogP contribution in [0.2, 0.25) is 5.02 Å². The number of fused-ring (bicyclic) bond motifs is 1. The third-order valence-corrected chi connectivity index (χ3v) is 4.66. The van der Waals surface area contributed by atoms with Crippen LogP contribution < -0.4 is 5.32 Å². The molecule has 1 aliphatic rings. The zero-order valence-electron chi connectivity index (χ0n) is 10.1. The number of aromatic nitrogens is 2. The van der Waals surface area contributed by atoms with Gasteiger partial charge in [-0.25, -0.2) is 4.98 Å². The predicted octanol–water partition coefficient (Wildman–Crippen LogP) is 3.20. The fourth-order valence-electron chi connectivity index (χ4n) is 2.26. The molecule has 0 aliphatic carbocycles. The number of imidazole rings is 1. The van der Waals surface area contributed by atoms with Gasteiger partial charge < -0.3 is 10.3 Å². The average Bonchev–Trinajstić information content (AvgIpc) is 2.79. The minimum atomic E-state index is 0.626. The lowest BCUT2D eigenvalue weighted by atomic mass is 10.2. The highest BCUT2D eigenvalue weighted by molar-refractivity contribution is 7.99. The molecule has 2 N–H and O–H groups in total. The van der Waals surface area contributed by atoms with E-state index in [1.54, 1.807) is 0 Å². The molecule has 1 saturated heterocycles. The summed E-state index contributed by atoms with van der Waals surface area (Å²) in [7, 11) is 0. The Kier molecular flexibility index (Phi) is 3.77. The van der Waals surface area contributed by atoms with Gasteiger partial charge in [-0.2, -0.15) is 11.8 Å². The molecule has 2 aromatic rings. The maximum Gasteiger partial charge on any atom is 0.121 e. The van der Waals surface area contributed by atoms with Crippen molar-refractivity contribution < 1.29 is 0 Å². The smallest absolute Gasteiger partial charge is 0.121 e. The molecule has 0 radical (unpaired) electrons. The molecule has 0 bridgehead atoms. The lowest BCUT2D eigenvalue weighted by Crippen LogP contribution is -2.33. The van der Waals surface area contributed by atoms with Crippen molar-refractivity contribution in [2.24, 2.45) is 0 Å². The van der Waals surface area contributed by atoms with E-state index in [4.69, 9.17) is 11.6 Å². The van der Waals surface area contributed by atoms with Crippen LogP contribution in [-0.4, -0.2) is 27.5 Å². The largest absolute Gasteiger partial charge is 0.341 e. The third kappa shape index (κ3) is 2.82. The number of aromatic amines is 1. The second-order valence-electron chi connectivity index (χ2n) is 4.64. The minimum absolute atomic E-state index is 0.626. The Morgan fingerprint density at radius 1 is 1.50 bits per heavy atom. The Labute approximate surface area is 116 Å². The van der Waals surface area contributed by atoms with E-state index >= 15 is 0 Å². The van der Waals surface area contributed by atoms with E-state index in [2.05, 4.69) is 15.3 Å². The molecule has 3 rings (SSSR count). The Bertz CT molecular complexity index is 534. The SMILES string of the molecule is Clc1ccc2nc(CNC3CCCSC3)[nH]c2c1. The van der Waals surface area contributed by atoms with Gasteiger partial charge in [0.15, 0.2) is 0 Å². The van der Waals surface area contributed by atoms with E-state index in [9.17, 15) is 0 Å². The molecular formula is C13H16ClN3S. The van der Waals surface area contributed by atoms with Crippen molar-refractivity contribution in [3.8, 4) is 0 Å². The van der Waals surface area contributed by atoms with Crippen LogP contribution in [0, 0.1) is 0 Å². The fraction of sp³-hybridized carbons (Fsp3) is 0.462. The van der Waals surface area contributed by atoms with Gasteiger partial charge in [-0.05, 0) is 36.8 Å². The van der Waals surface area contributed by atoms with Crippen molar-refractivity contribution in [2.45, 2.75) is 25.4 Å². The number of nitrogens with zero attached hydrogens (tertiary/aromatic N) is 1. The standard InChI is InChI=1S/C13H16ClN3S/c14-9-3-4-11-12(6-9)17-13(16-11)7-15-10-2-1-5-18-8-10/h3-4,6,10,15H,1-2,5,7-8H2,(H,16,17). The van der Waals surface area contributed by atoms with Gasteiger partial charge in [0.2, 0.25) is 0 Å². The Hall–Kier alpha value is -0.710. The van der Waals surface area contributed by atoms with Crippen molar-refractivity contribution in [3.05, 3.63) is 29.0 Å². The van der Waals surface area contributed by atoms with Crippen LogP contribution in [0.15, 0.2) is 18.2 Å². The van der Waals surface area contributed by atoms with Crippen LogP contribution in [0.5, 0.6) is 0 Å². The Morgan fingerprint density at radius 2 is 2.44 bits per heavy atom. The van der Waals surface area contributed by atoms with E-state index in [0.717, 1.165) is 28.4 Å². The summed E-state index contributed by atoms with van der Waals surface area (Å²) in [5, 5.41) is 4.31. The summed E-state index contributed by atoms with van der Waals surface area (Å²) in [5.41, 5.74) is 1.99. The number of thioether (sulfide) groups is 1. The zero-order chi connectivity index (χ0) is 12.4. The lowest BCUT2D eigenvalue weighted by Gasteiger charge is -2.21. The first kappa shape index (κ1) is 12.3. The maximum atomic E-state index is 5.96. The normalized spacial score (nSPS) is 20.4. The van der Waals surface area contributed by atoms with Crippen molar-refractivity contribution in [1.29, 1.82) is 0 Å². The summed E-state index contributed by atoms with van der Waals surface area (Å²) >= 11 is 8.00. The summed E-state index contributed by atoms with van der Waals surface area (Å²) in [6.07, 6.45) is 2.59. The van der Waals surface area contributed by atoms with E-state index < -0.39 is 0 Å². The van der Waals surface area contributed by atoms with Gasteiger partial charge in [0, 0.05) is 16.8 Å². The van der Waals surface area contributed by atoms with Crippen LogP contribution in [0.4, 0.5) is 0 Å². The van der Waals surface area contributed by atoms with Gasteiger partial charge in [-0.1, -0.05) is 11.6 Å². The molecule has 18 heavy (non-hydrogen) atoms. The molecule has 1 atom stereocenters. The van der Waals surface area contributed by atoms with Crippen molar-refractivity contribution in [1.82, 2.24) is 15.3 Å². The van der Waals surface area contributed by atoms with Gasteiger partial charge in [0.25, 0.3) is 0 Å². The lowest BCUT2D eigenvalue weighted by molar-refractivity contribution is 0.501. The van der Waals surface area contributed by atoms with E-state index in [1.807, 2.05) is 30.0 Å². The number of H-pyrrole nitrogens is 1. The molecule has 0 amide bonds. The monoisotopic (exact) mass is 281 g/mol. The first-order valence-electron chi connectivity index (χ1n) is 6.26. The van der Waals surface area contributed by atoms with Crippen LogP contribution in [0.1, 0.15) is 18.7 Å². The summed E-state index contributed by atoms with van der Waals surface area (Å²) < 4.78 is 0. The quantitative estimate of drug-likeness (QED) is 0.908. The minimum Gasteiger partial charge on any atom is -0.341 e. The van der Waals surface area contributed by atoms with Gasteiger partial charge >= 0.3 is 0 Å². The van der Waals surface area contributed by atoms with Crippen molar-refractivity contribution >= 4 is 34.4 Å². The zero-order valence-corrected chi connectivity index (χ0v) is 11.7. The van der Waals surface area contributed by atoms with Gasteiger partial charge in [0.05, 0.1) is 17.6 Å². The highest BCUT2D eigenvalue weighted by Gasteiger charge is 2.13. The second-order valence-corrected chi connectivity index (χ2v) is 6.23. The molecule has 1 fully saturated rings. The van der Waals surface area contributed by atoms with Crippen LogP contribution in [-0.2, 0) is 6.54 Å². The Balaban J connectivity index is 1.67. The van der Waals surface area contributed by atoms with E-state index in [-0.39, 0.29) is 0 Å². The van der Waals surface area contributed by atoms with Gasteiger partial charge in [0.1, 0.15) is 5.82 Å². The van der Waals surface area contributed by atoms with Crippen LogP contribution >= 0.6 is 23.4 Å². The Morgan fingerprint density at radius 3 is 3.28 bits per heavy atom. The van der Waals surface area contributed by atoms with E-state index in [0.29, 0.717) is 6.04 Å². The molecule has 1 aromatic heterocycles. The molecular weight excluding hydrogens is 266 g/mol. The summed E-state index contributed by atoms with van der Waals surface area (Å²) in [4.78, 5) is 7.87. The van der Waals surface area contributed by atoms with Gasteiger partial charge in [-0.15, -0.1) is 0 Å². The molecule has 3 nitrogen and oxygen atoms in total. The second kappa shape index (κ2) is 5.51. The number of nitrogens with one attached hydrogen (secondary N) is 2. The highest BCUT2D eigenvalue weighted by Crippen LogP contribution is 2.19. The average molecular weight is 282 g/mol. The molecule has 2 heterocycles. The first-order chi connectivity index (χ1) is 8.81. The van der Waals surface area contributed by atoms with Crippen molar-refractivity contribution in [2.75, 3.05) is 11.5 Å². The molecule has 1 unspecified atom stereocenters. The highest BCUT2D eigenvalue weighted by atomic mass is 35.5. The number of rotatable bonds is 3. The molecule has 1 aromatic carbocycles. The third-order valence-electron chi connectivity index (χ3n) is 3.21. The summed E-state index contributed by atoms with van der Waals surface area (Å²) in [6.45, 7) is 0.803. The summed E-state index contributed by atoms with van der Waals surface area (Å²) in [6, 6.07) is 6.37. The molecule has 5 heteroatoms. The molecule has 96 valence electrons. The summed E-state index contributed by atoms with van der Waals surface area (Å²) in [5.74, 6) is 3.51. The number of hydrogen-bond acceptors (Lipinski definition) is 3.